The molecule has 1 saturated heterocycles. The van der Waals surface area contributed by atoms with Crippen LogP contribution in [-0.4, -0.2) is 95.3 Å². The number of amides is 1. The van der Waals surface area contributed by atoms with E-state index < -0.39 is 21.7 Å². The maximum absolute atomic E-state index is 13.3. The monoisotopic (exact) mass is 558 g/mol. The van der Waals surface area contributed by atoms with Gasteiger partial charge in [0.05, 0.1) is 31.9 Å². The molecule has 14 heteroatoms. The number of aryl methyl sites for hydroxylation is 1. The fourth-order valence-electron chi connectivity index (χ4n) is 4.85. The summed E-state index contributed by atoms with van der Waals surface area (Å²) in [5, 5.41) is 0. The summed E-state index contributed by atoms with van der Waals surface area (Å²) in [5.41, 5.74) is 6.65. The van der Waals surface area contributed by atoms with Crippen molar-refractivity contribution in [1.82, 2.24) is 33.0 Å². The quantitative estimate of drug-likeness (QED) is 0.379. The minimum atomic E-state index is -3.80. The van der Waals surface area contributed by atoms with Crippen LogP contribution in [0.15, 0.2) is 43.0 Å². The van der Waals surface area contributed by atoms with E-state index in [1.54, 1.807) is 43.6 Å². The summed E-state index contributed by atoms with van der Waals surface area (Å²) in [7, 11) is 2.28. The van der Waals surface area contributed by atoms with Gasteiger partial charge in [-0.05, 0) is 30.7 Å². The highest BCUT2D eigenvalue weighted by atomic mass is 32.2. The highest BCUT2D eigenvalue weighted by Crippen LogP contribution is 2.39. The fourth-order valence-corrected chi connectivity index (χ4v) is 6.00. The third-order valence-corrected chi connectivity index (χ3v) is 8.68. The van der Waals surface area contributed by atoms with Crippen LogP contribution < -0.4 is 15.2 Å². The predicted molar refractivity (Wildman–Crippen MR) is 144 cm³/mol. The molecule has 2 N–H and O–H groups in total. The number of methoxy groups -OCH3 is 2. The second kappa shape index (κ2) is 11.3. The first-order valence-corrected chi connectivity index (χ1v) is 13.7. The zero-order chi connectivity index (χ0) is 28.4. The first kappa shape index (κ1) is 28.4. The van der Waals surface area contributed by atoms with Gasteiger partial charge in [0.25, 0.3) is 10.2 Å². The lowest BCUT2D eigenvalue weighted by atomic mass is 9.85. The lowest BCUT2D eigenvalue weighted by molar-refractivity contribution is -0.123. The molecule has 1 aliphatic heterocycles. The van der Waals surface area contributed by atoms with Crippen LogP contribution in [0.1, 0.15) is 23.4 Å². The Morgan fingerprint density at radius 2 is 1.87 bits per heavy atom. The van der Waals surface area contributed by atoms with Gasteiger partial charge >= 0.3 is 0 Å². The molecular formula is C25H34N8O5S. The Balaban J connectivity index is 1.88. The Kier molecular flexibility index (Phi) is 8.20. The van der Waals surface area contributed by atoms with Gasteiger partial charge in [0.2, 0.25) is 11.9 Å². The zero-order valence-electron chi connectivity index (χ0n) is 22.7. The van der Waals surface area contributed by atoms with E-state index >= 15 is 0 Å². The molecular weight excluding hydrogens is 524 g/mol. The standard InChI is InChI=1S/C25H34N8O5S/c1-18-12-22(29-24(28-18)31-9-8-27-17-31)25(14-23(26)34)16-33(39(35,36)30(2)3)11-10-32(25)15-19-6-7-20(37-4)21(13-19)38-5/h6-9,12-13,17H,10-11,14-16H2,1-5H3,(H2,26,34). The van der Waals surface area contributed by atoms with E-state index in [2.05, 4.69) is 14.9 Å². The van der Waals surface area contributed by atoms with Gasteiger partial charge in [0, 0.05) is 58.4 Å². The second-order valence-corrected chi connectivity index (χ2v) is 11.7. The molecule has 3 heterocycles. The Bertz CT molecular complexity index is 1430. The highest BCUT2D eigenvalue weighted by Gasteiger charge is 2.49. The molecule has 1 aliphatic rings. The number of hydrogen-bond acceptors (Lipinski definition) is 9. The van der Waals surface area contributed by atoms with Gasteiger partial charge in [-0.1, -0.05) is 6.07 Å². The minimum Gasteiger partial charge on any atom is -0.493 e. The topological polar surface area (TPSA) is 149 Å². The number of nitrogens with zero attached hydrogens (tertiary/aromatic N) is 7. The van der Waals surface area contributed by atoms with Crippen molar-refractivity contribution >= 4 is 16.1 Å². The van der Waals surface area contributed by atoms with Gasteiger partial charge in [-0.25, -0.2) is 15.0 Å². The van der Waals surface area contributed by atoms with Crippen LogP contribution in [0.5, 0.6) is 11.5 Å². The number of carbonyl (C=O) groups excluding carboxylic acids is 1. The van der Waals surface area contributed by atoms with E-state index in [4.69, 9.17) is 20.2 Å². The Morgan fingerprint density at radius 1 is 1.13 bits per heavy atom. The molecule has 1 aromatic carbocycles. The number of benzene rings is 1. The number of ether oxygens (including phenoxy) is 2. The molecule has 13 nitrogen and oxygen atoms in total. The van der Waals surface area contributed by atoms with Crippen molar-refractivity contribution in [1.29, 1.82) is 0 Å². The van der Waals surface area contributed by atoms with Crippen LogP contribution in [-0.2, 0) is 27.1 Å². The van der Waals surface area contributed by atoms with Crippen molar-refractivity contribution in [2.24, 2.45) is 5.73 Å². The van der Waals surface area contributed by atoms with Crippen molar-refractivity contribution in [3.05, 3.63) is 59.9 Å². The summed E-state index contributed by atoms with van der Waals surface area (Å²) < 4.78 is 41.6. The Labute approximate surface area is 228 Å². The van der Waals surface area contributed by atoms with Crippen LogP contribution in [0.25, 0.3) is 5.95 Å². The largest absolute Gasteiger partial charge is 0.493 e. The molecule has 0 bridgehead atoms. The second-order valence-electron chi connectivity index (χ2n) is 9.57. The van der Waals surface area contributed by atoms with Gasteiger partial charge in [0.15, 0.2) is 11.5 Å². The summed E-state index contributed by atoms with van der Waals surface area (Å²) in [6.07, 6.45) is 4.73. The van der Waals surface area contributed by atoms with Crippen LogP contribution in [0, 0.1) is 6.92 Å². The smallest absolute Gasteiger partial charge is 0.281 e. The summed E-state index contributed by atoms with van der Waals surface area (Å²) >= 11 is 0. The molecule has 0 aliphatic carbocycles. The molecule has 210 valence electrons. The summed E-state index contributed by atoms with van der Waals surface area (Å²) in [6, 6.07) is 7.35. The molecule has 0 saturated carbocycles. The highest BCUT2D eigenvalue weighted by molar-refractivity contribution is 7.86. The van der Waals surface area contributed by atoms with Crippen LogP contribution in [0.3, 0.4) is 0 Å². The van der Waals surface area contributed by atoms with Gasteiger partial charge < -0.3 is 15.2 Å². The number of primary amides is 1. The van der Waals surface area contributed by atoms with Crippen molar-refractivity contribution < 1.29 is 22.7 Å². The van der Waals surface area contributed by atoms with Gasteiger partial charge in [-0.15, -0.1) is 0 Å². The minimum absolute atomic E-state index is 0.0381. The SMILES string of the molecule is COc1ccc(CN2CCN(S(=O)(=O)N(C)C)CC2(CC(N)=O)c2cc(C)nc(-n3ccnc3)n2)cc1OC. The number of rotatable bonds is 10. The van der Waals surface area contributed by atoms with E-state index in [-0.39, 0.29) is 19.5 Å². The van der Waals surface area contributed by atoms with E-state index in [9.17, 15) is 13.2 Å². The first-order valence-electron chi connectivity index (χ1n) is 12.3. The molecule has 39 heavy (non-hydrogen) atoms. The maximum atomic E-state index is 13.3. The average Bonchev–Trinajstić information content (AvgIpc) is 3.44. The van der Waals surface area contributed by atoms with Crippen molar-refractivity contribution in [2.45, 2.75) is 25.4 Å². The average molecular weight is 559 g/mol. The summed E-state index contributed by atoms with van der Waals surface area (Å²) in [6.45, 7) is 2.68. The van der Waals surface area contributed by atoms with Gasteiger partial charge in [0.1, 0.15) is 6.33 Å². The molecule has 0 spiro atoms. The van der Waals surface area contributed by atoms with Crippen LogP contribution >= 0.6 is 0 Å². The maximum Gasteiger partial charge on any atom is 0.281 e. The molecule has 1 unspecified atom stereocenters. The number of nitrogens with two attached hydrogens (primary N) is 1. The van der Waals surface area contributed by atoms with Crippen molar-refractivity contribution in [3.63, 3.8) is 0 Å². The molecule has 2 aromatic heterocycles. The zero-order valence-corrected chi connectivity index (χ0v) is 23.6. The summed E-state index contributed by atoms with van der Waals surface area (Å²) in [5.74, 6) is 0.911. The van der Waals surface area contributed by atoms with E-state index in [0.717, 1.165) is 9.87 Å². The summed E-state index contributed by atoms with van der Waals surface area (Å²) in [4.78, 5) is 28.1. The van der Waals surface area contributed by atoms with Crippen LogP contribution in [0.2, 0.25) is 0 Å². The third-order valence-electron chi connectivity index (χ3n) is 6.79. The van der Waals surface area contributed by atoms with Gasteiger partial charge in [-0.3, -0.25) is 14.3 Å². The van der Waals surface area contributed by atoms with Crippen LogP contribution in [0.4, 0.5) is 0 Å². The molecule has 1 atom stereocenters. The van der Waals surface area contributed by atoms with E-state index in [1.807, 2.05) is 25.1 Å². The number of aromatic nitrogens is 4. The molecule has 1 fully saturated rings. The molecule has 3 aromatic rings. The van der Waals surface area contributed by atoms with E-state index in [0.29, 0.717) is 41.9 Å². The normalized spacial score (nSPS) is 18.8. The number of carbonyl (C=O) groups is 1. The Hall–Kier alpha value is -3.59. The van der Waals surface area contributed by atoms with E-state index in [1.165, 1.54) is 18.4 Å². The number of piperazine rings is 1. The molecule has 1 amide bonds. The third kappa shape index (κ3) is 5.73. The van der Waals surface area contributed by atoms with Gasteiger partial charge in [-0.2, -0.15) is 17.0 Å². The van der Waals surface area contributed by atoms with Crippen molar-refractivity contribution in [2.75, 3.05) is 47.9 Å². The molecule has 0 radical (unpaired) electrons. The fraction of sp³-hybridized carbons (Fsp3) is 0.440. The predicted octanol–water partition coefficient (Wildman–Crippen LogP) is 0.683. The Morgan fingerprint density at radius 3 is 2.49 bits per heavy atom. The first-order chi connectivity index (χ1) is 18.5. The lowest BCUT2D eigenvalue weighted by Gasteiger charge is -2.50. The molecule has 4 rings (SSSR count). The van der Waals surface area contributed by atoms with Crippen molar-refractivity contribution in [3.8, 4) is 17.4 Å². The number of hydrogen-bond donors (Lipinski definition) is 1. The lowest BCUT2D eigenvalue weighted by Crippen LogP contribution is -2.63. The number of imidazole rings is 1.